The summed E-state index contributed by atoms with van der Waals surface area (Å²) in [6.07, 6.45) is 18.5. The van der Waals surface area contributed by atoms with Crippen LogP contribution in [0.25, 0.3) is 0 Å². The van der Waals surface area contributed by atoms with Crippen LogP contribution in [-0.4, -0.2) is 46.7 Å². The van der Waals surface area contributed by atoms with E-state index in [0.29, 0.717) is 13.0 Å². The highest BCUT2D eigenvalue weighted by Crippen LogP contribution is 2.69. The molecular weight excluding hydrogens is 464 g/mol. The molecule has 5 nitrogen and oxygen atoms in total. The maximum absolute atomic E-state index is 12.6. The van der Waals surface area contributed by atoms with Gasteiger partial charge in [0.05, 0.1) is 17.8 Å². The number of epoxide rings is 2. The van der Waals surface area contributed by atoms with Gasteiger partial charge in [0.2, 0.25) is 0 Å². The van der Waals surface area contributed by atoms with Gasteiger partial charge in [-0.1, -0.05) is 77.4 Å². The van der Waals surface area contributed by atoms with Gasteiger partial charge in [0.15, 0.2) is 0 Å². The van der Waals surface area contributed by atoms with E-state index in [1.165, 1.54) is 50.5 Å². The van der Waals surface area contributed by atoms with Crippen molar-refractivity contribution < 1.29 is 24.1 Å². The van der Waals surface area contributed by atoms with Crippen molar-refractivity contribution in [3.05, 3.63) is 12.2 Å². The molecule has 212 valence electrons. The molecule has 4 fully saturated rings. The Balaban J connectivity index is 1.29. The Morgan fingerprint density at radius 3 is 2.35 bits per heavy atom. The predicted octanol–water partition coefficient (Wildman–Crippen LogP) is 7.43. The number of rotatable bonds is 13. The molecule has 4 aliphatic rings. The molecule has 6 atom stereocenters. The third kappa shape index (κ3) is 6.47. The van der Waals surface area contributed by atoms with Gasteiger partial charge in [-0.05, 0) is 64.2 Å². The maximum Gasteiger partial charge on any atom is 0.305 e. The predicted molar refractivity (Wildman–Crippen MR) is 147 cm³/mol. The van der Waals surface area contributed by atoms with Crippen molar-refractivity contribution in [2.24, 2.45) is 11.3 Å². The Labute approximate surface area is 226 Å². The first-order valence-corrected chi connectivity index (χ1v) is 15.5. The Kier molecular flexibility index (Phi) is 9.18. The number of carbonyl (C=O) groups excluding carboxylic acids is 1. The minimum absolute atomic E-state index is 0.0217. The summed E-state index contributed by atoms with van der Waals surface area (Å²) in [6, 6.07) is 0. The van der Waals surface area contributed by atoms with E-state index in [-0.39, 0.29) is 35.1 Å². The average Bonchev–Trinajstić information content (AvgIpc) is 3.70. The summed E-state index contributed by atoms with van der Waals surface area (Å²) in [4.78, 5) is 12.6. The van der Waals surface area contributed by atoms with Crippen LogP contribution >= 0.6 is 0 Å². The molecule has 2 saturated heterocycles. The minimum atomic E-state index is -0.789. The quantitative estimate of drug-likeness (QED) is 0.119. The highest BCUT2D eigenvalue weighted by molar-refractivity contribution is 5.69. The van der Waals surface area contributed by atoms with E-state index < -0.39 is 11.2 Å². The van der Waals surface area contributed by atoms with Crippen LogP contribution in [0.4, 0.5) is 0 Å². The summed E-state index contributed by atoms with van der Waals surface area (Å²) in [6.45, 7) is 13.1. The van der Waals surface area contributed by atoms with Crippen LogP contribution in [0.1, 0.15) is 137 Å². The summed E-state index contributed by atoms with van der Waals surface area (Å²) < 4.78 is 18.8. The number of esters is 1. The molecule has 1 spiro atoms. The Morgan fingerprint density at radius 1 is 1.00 bits per heavy atom. The molecular formula is C32H54O5. The van der Waals surface area contributed by atoms with Gasteiger partial charge in [-0.25, -0.2) is 0 Å². The van der Waals surface area contributed by atoms with Gasteiger partial charge in [0.1, 0.15) is 17.8 Å². The smallest absolute Gasteiger partial charge is 0.305 e. The van der Waals surface area contributed by atoms with Gasteiger partial charge in [-0.2, -0.15) is 0 Å². The van der Waals surface area contributed by atoms with Gasteiger partial charge in [0, 0.05) is 18.8 Å². The van der Waals surface area contributed by atoms with Crippen molar-refractivity contribution in [2.45, 2.75) is 166 Å². The molecule has 0 amide bonds. The number of ether oxygens (including phenoxy) is 3. The molecule has 2 aliphatic heterocycles. The van der Waals surface area contributed by atoms with E-state index in [4.69, 9.17) is 14.2 Å². The lowest BCUT2D eigenvalue weighted by Gasteiger charge is -2.37. The Bertz CT molecular complexity index is 801. The number of aliphatic hydroxyl groups is 1. The summed E-state index contributed by atoms with van der Waals surface area (Å²) in [5, 5.41) is 11.1. The van der Waals surface area contributed by atoms with E-state index in [1.807, 2.05) is 13.8 Å². The van der Waals surface area contributed by atoms with Crippen LogP contribution in [0.15, 0.2) is 12.2 Å². The number of hydrogen-bond donors (Lipinski definition) is 1. The highest BCUT2D eigenvalue weighted by atomic mass is 16.7. The lowest BCUT2D eigenvalue weighted by Crippen LogP contribution is -2.46. The molecule has 5 heteroatoms. The van der Waals surface area contributed by atoms with E-state index >= 15 is 0 Å². The van der Waals surface area contributed by atoms with Crippen LogP contribution in [0.5, 0.6) is 0 Å². The zero-order valence-corrected chi connectivity index (χ0v) is 24.2. The topological polar surface area (TPSA) is 71.6 Å². The Hall–Kier alpha value is -0.910. The second-order valence-electron chi connectivity index (χ2n) is 13.6. The second-order valence-corrected chi connectivity index (χ2v) is 13.6. The fraction of sp³-hybridized carbons (Fsp3) is 0.906. The van der Waals surface area contributed by atoms with Crippen LogP contribution in [0.2, 0.25) is 0 Å². The fourth-order valence-electron chi connectivity index (χ4n) is 7.74. The van der Waals surface area contributed by atoms with Crippen molar-refractivity contribution in [1.82, 2.24) is 0 Å². The summed E-state index contributed by atoms with van der Waals surface area (Å²) in [5.41, 5.74) is -0.259. The number of carbonyl (C=O) groups is 1. The van der Waals surface area contributed by atoms with Crippen molar-refractivity contribution >= 4 is 5.97 Å². The molecule has 1 N–H and O–H groups in total. The van der Waals surface area contributed by atoms with Gasteiger partial charge in [-0.15, -0.1) is 0 Å². The third-order valence-electron chi connectivity index (χ3n) is 10.2. The minimum Gasteiger partial charge on any atom is -0.462 e. The molecule has 4 rings (SSSR count). The van der Waals surface area contributed by atoms with Gasteiger partial charge >= 0.3 is 5.97 Å². The van der Waals surface area contributed by atoms with Gasteiger partial charge in [-0.3, -0.25) is 4.79 Å². The van der Waals surface area contributed by atoms with Crippen LogP contribution in [0, 0.1) is 11.3 Å². The summed E-state index contributed by atoms with van der Waals surface area (Å²) in [5.74, 6) is 0.00395. The van der Waals surface area contributed by atoms with E-state index in [2.05, 4.69) is 20.4 Å². The summed E-state index contributed by atoms with van der Waals surface area (Å²) >= 11 is 0. The Morgan fingerprint density at radius 2 is 1.68 bits per heavy atom. The van der Waals surface area contributed by atoms with Crippen molar-refractivity contribution in [2.75, 3.05) is 6.61 Å². The molecule has 2 heterocycles. The van der Waals surface area contributed by atoms with Crippen LogP contribution < -0.4 is 0 Å². The molecule has 0 bridgehead atoms. The number of allylic oxidation sites excluding steroid dienone is 1. The molecule has 0 aromatic heterocycles. The molecule has 2 aliphatic carbocycles. The molecule has 2 saturated carbocycles. The highest BCUT2D eigenvalue weighted by Gasteiger charge is 2.77. The molecule has 0 aromatic carbocycles. The maximum atomic E-state index is 12.6. The standard InChI is InChI=1S/C32H54O5/c1-6-7-8-9-10-11-12-13-14-15-28(33)35-23-31-22-27-32(37-27)25(29(3,4)34)19-21-30(32,5)20-18-24(2)16-17-26(31)36-31/h25-27,34H,2,6-23H2,1,3-5H3/t25-,26-,27+,30+,31-,32-/m0/s1. The lowest BCUT2D eigenvalue weighted by molar-refractivity contribution is -0.145. The van der Waals surface area contributed by atoms with Gasteiger partial charge in [0.25, 0.3) is 0 Å². The first-order valence-electron chi connectivity index (χ1n) is 15.5. The lowest BCUT2D eigenvalue weighted by atomic mass is 9.67. The third-order valence-corrected chi connectivity index (χ3v) is 10.2. The fourth-order valence-corrected chi connectivity index (χ4v) is 7.74. The number of fused-ring (bicyclic) bond motifs is 1. The molecule has 0 unspecified atom stereocenters. The van der Waals surface area contributed by atoms with Crippen molar-refractivity contribution in [3.8, 4) is 0 Å². The summed E-state index contributed by atoms with van der Waals surface area (Å²) in [7, 11) is 0. The van der Waals surface area contributed by atoms with E-state index in [9.17, 15) is 9.90 Å². The number of unbranched alkanes of at least 4 members (excludes halogenated alkanes) is 8. The van der Waals surface area contributed by atoms with Crippen molar-refractivity contribution in [1.29, 1.82) is 0 Å². The normalized spacial score (nSPS) is 37.2. The first kappa shape index (κ1) is 29.1. The van der Waals surface area contributed by atoms with E-state index in [1.54, 1.807) is 0 Å². The largest absolute Gasteiger partial charge is 0.462 e. The van der Waals surface area contributed by atoms with E-state index in [0.717, 1.165) is 57.8 Å². The zero-order chi connectivity index (χ0) is 26.7. The molecule has 0 radical (unpaired) electrons. The zero-order valence-electron chi connectivity index (χ0n) is 24.2. The van der Waals surface area contributed by atoms with Gasteiger partial charge < -0.3 is 19.3 Å². The van der Waals surface area contributed by atoms with Crippen LogP contribution in [0.3, 0.4) is 0 Å². The monoisotopic (exact) mass is 518 g/mol. The molecule has 0 aromatic rings. The average molecular weight is 519 g/mol. The number of hydrogen-bond acceptors (Lipinski definition) is 5. The SMILES string of the molecule is C=C1CC[C@@H]2O[C@]2(COC(=O)CCCCCCCCCCC)C[C@H]2O[C@@]23[C@H](C(C)(C)O)CC[C@@]3(C)CC1. The van der Waals surface area contributed by atoms with Crippen molar-refractivity contribution in [3.63, 3.8) is 0 Å². The van der Waals surface area contributed by atoms with Crippen LogP contribution in [-0.2, 0) is 19.0 Å². The molecule has 37 heavy (non-hydrogen) atoms. The first-order chi connectivity index (χ1) is 17.6. The second kappa shape index (κ2) is 11.7.